The molecule has 0 spiro atoms. The summed E-state index contributed by atoms with van der Waals surface area (Å²) in [5, 5.41) is 7.13. The smallest absolute Gasteiger partial charge is 0.0940 e. The topological polar surface area (TPSA) is 49.9 Å². The normalized spacial score (nSPS) is 26.0. The van der Waals surface area contributed by atoms with Crippen molar-refractivity contribution in [1.82, 2.24) is 0 Å². The first kappa shape index (κ1) is 6.33. The number of nitrogens with one attached hydrogen (secondary N) is 1. The second-order valence-corrected chi connectivity index (χ2v) is 2.44. The highest BCUT2D eigenvalue weighted by Gasteiger charge is 2.11. The molecule has 2 heteroatoms. The molecule has 3 N–H and O–H groups in total. The molecule has 0 amide bonds. The van der Waals surface area contributed by atoms with Crippen molar-refractivity contribution in [1.29, 1.82) is 5.41 Å². The molecule has 1 rings (SSSR count). The minimum absolute atomic E-state index is 0.329. The van der Waals surface area contributed by atoms with Crippen molar-refractivity contribution in [3.05, 3.63) is 12.2 Å². The van der Waals surface area contributed by atoms with E-state index in [2.05, 4.69) is 12.2 Å². The van der Waals surface area contributed by atoms with Gasteiger partial charge in [0.25, 0.3) is 0 Å². The molecule has 0 bridgehead atoms. The lowest BCUT2D eigenvalue weighted by molar-refractivity contribution is 0.609. The molecule has 1 atom stereocenters. The fraction of sp³-hybridized carbons (Fsp3) is 0.571. The number of hydrogen-bond donors (Lipinski definition) is 2. The summed E-state index contributed by atoms with van der Waals surface area (Å²) in [4.78, 5) is 0. The van der Waals surface area contributed by atoms with Crippen LogP contribution in [0.2, 0.25) is 0 Å². The molecule has 0 saturated carbocycles. The Hall–Kier alpha value is -0.790. The molecule has 0 radical (unpaired) electrons. The van der Waals surface area contributed by atoms with Gasteiger partial charge in [-0.2, -0.15) is 0 Å². The first-order chi connectivity index (χ1) is 4.30. The molecule has 0 unspecified atom stereocenters. The maximum Gasteiger partial charge on any atom is 0.0940 e. The van der Waals surface area contributed by atoms with Crippen LogP contribution in [0.15, 0.2) is 12.2 Å². The monoisotopic (exact) mass is 124 g/mol. The summed E-state index contributed by atoms with van der Waals surface area (Å²) in [7, 11) is 0. The maximum absolute atomic E-state index is 7.13. The molecule has 9 heavy (non-hydrogen) atoms. The number of allylic oxidation sites excluding steroid dienone is 2. The van der Waals surface area contributed by atoms with Crippen LogP contribution < -0.4 is 5.73 Å². The fourth-order valence-corrected chi connectivity index (χ4v) is 1.08. The minimum Gasteiger partial charge on any atom is -0.387 e. The Kier molecular flexibility index (Phi) is 1.88. The van der Waals surface area contributed by atoms with Gasteiger partial charge in [0.15, 0.2) is 0 Å². The van der Waals surface area contributed by atoms with Crippen LogP contribution in [0.1, 0.15) is 19.3 Å². The number of amidine groups is 1. The Balaban J connectivity index is 2.44. The average Bonchev–Trinajstić information content (AvgIpc) is 1.90. The van der Waals surface area contributed by atoms with Crippen molar-refractivity contribution >= 4 is 5.84 Å². The van der Waals surface area contributed by atoms with Crippen molar-refractivity contribution in [3.8, 4) is 0 Å². The highest BCUT2D eigenvalue weighted by atomic mass is 14.7. The van der Waals surface area contributed by atoms with Crippen LogP contribution in [0, 0.1) is 11.3 Å². The predicted octanol–water partition coefficient (Wildman–Crippen LogP) is 1.28. The standard InChI is InChI=1S/C7H12N2/c8-7(9)6-4-2-1-3-5-6/h1-2,6H,3-5H2,(H3,8,9)/t6-/m0/s1. The van der Waals surface area contributed by atoms with Gasteiger partial charge in [-0.15, -0.1) is 0 Å². The third-order valence-electron chi connectivity index (χ3n) is 1.71. The third-order valence-corrected chi connectivity index (χ3v) is 1.71. The molecule has 2 nitrogen and oxygen atoms in total. The van der Waals surface area contributed by atoms with Crippen molar-refractivity contribution in [2.45, 2.75) is 19.3 Å². The fourth-order valence-electron chi connectivity index (χ4n) is 1.08. The molecule has 0 saturated heterocycles. The summed E-state index contributed by atoms with van der Waals surface area (Å²) in [5.41, 5.74) is 5.32. The van der Waals surface area contributed by atoms with E-state index >= 15 is 0 Å². The van der Waals surface area contributed by atoms with Gasteiger partial charge in [-0.3, -0.25) is 5.41 Å². The van der Waals surface area contributed by atoms with E-state index in [4.69, 9.17) is 11.1 Å². The van der Waals surface area contributed by atoms with E-state index in [0.717, 1.165) is 19.3 Å². The molecule has 0 heterocycles. The Morgan fingerprint density at radius 3 is 2.67 bits per heavy atom. The van der Waals surface area contributed by atoms with Gasteiger partial charge in [-0.05, 0) is 19.3 Å². The van der Waals surface area contributed by atoms with Gasteiger partial charge in [0.2, 0.25) is 0 Å². The van der Waals surface area contributed by atoms with E-state index in [0.29, 0.717) is 11.8 Å². The molecule has 0 aromatic rings. The van der Waals surface area contributed by atoms with E-state index in [9.17, 15) is 0 Å². The van der Waals surface area contributed by atoms with Crippen LogP contribution in [0.4, 0.5) is 0 Å². The zero-order chi connectivity index (χ0) is 6.69. The Labute approximate surface area is 55.3 Å². The van der Waals surface area contributed by atoms with Crippen LogP contribution in [-0.4, -0.2) is 5.84 Å². The quantitative estimate of drug-likeness (QED) is 0.309. The van der Waals surface area contributed by atoms with Gasteiger partial charge in [0.1, 0.15) is 0 Å². The SMILES string of the molecule is N=C(N)[C@H]1CC=CCC1. The number of nitrogens with two attached hydrogens (primary N) is 1. The molecule has 0 fully saturated rings. The van der Waals surface area contributed by atoms with Gasteiger partial charge in [0, 0.05) is 5.92 Å². The summed E-state index contributed by atoms with van der Waals surface area (Å²) in [5.74, 6) is 0.675. The van der Waals surface area contributed by atoms with Crippen LogP contribution in [0.3, 0.4) is 0 Å². The van der Waals surface area contributed by atoms with Gasteiger partial charge >= 0.3 is 0 Å². The van der Waals surface area contributed by atoms with Crippen LogP contribution in [0.25, 0.3) is 0 Å². The lowest BCUT2D eigenvalue weighted by Gasteiger charge is -2.14. The van der Waals surface area contributed by atoms with E-state index in [1.165, 1.54) is 0 Å². The maximum atomic E-state index is 7.13. The largest absolute Gasteiger partial charge is 0.387 e. The summed E-state index contributed by atoms with van der Waals surface area (Å²) < 4.78 is 0. The molecular formula is C7H12N2. The Morgan fingerprint density at radius 1 is 1.56 bits per heavy atom. The lowest BCUT2D eigenvalue weighted by Crippen LogP contribution is -2.22. The van der Waals surface area contributed by atoms with Gasteiger partial charge in [-0.1, -0.05) is 12.2 Å². The van der Waals surface area contributed by atoms with Crippen LogP contribution >= 0.6 is 0 Å². The molecule has 1 aliphatic rings. The molecule has 1 aliphatic carbocycles. The minimum atomic E-state index is 0.329. The van der Waals surface area contributed by atoms with Gasteiger partial charge in [-0.25, -0.2) is 0 Å². The number of hydrogen-bond acceptors (Lipinski definition) is 1. The zero-order valence-electron chi connectivity index (χ0n) is 5.43. The Bertz CT molecular complexity index is 138. The Morgan fingerprint density at radius 2 is 2.33 bits per heavy atom. The van der Waals surface area contributed by atoms with Gasteiger partial charge in [0.05, 0.1) is 5.84 Å². The second kappa shape index (κ2) is 2.67. The summed E-state index contributed by atoms with van der Waals surface area (Å²) in [6.45, 7) is 0. The van der Waals surface area contributed by atoms with Crippen LogP contribution in [-0.2, 0) is 0 Å². The molecule has 50 valence electrons. The first-order valence-corrected chi connectivity index (χ1v) is 3.29. The van der Waals surface area contributed by atoms with E-state index < -0.39 is 0 Å². The molecule has 0 aliphatic heterocycles. The lowest BCUT2D eigenvalue weighted by atomic mass is 9.94. The van der Waals surface area contributed by atoms with Crippen molar-refractivity contribution in [2.24, 2.45) is 11.7 Å². The van der Waals surface area contributed by atoms with E-state index in [1.54, 1.807) is 0 Å². The first-order valence-electron chi connectivity index (χ1n) is 3.29. The summed E-state index contributed by atoms with van der Waals surface area (Å²) in [6.07, 6.45) is 7.38. The van der Waals surface area contributed by atoms with Crippen molar-refractivity contribution < 1.29 is 0 Å². The average molecular weight is 124 g/mol. The van der Waals surface area contributed by atoms with Crippen molar-refractivity contribution in [2.75, 3.05) is 0 Å². The second-order valence-electron chi connectivity index (χ2n) is 2.44. The molecule has 0 aromatic heterocycles. The third kappa shape index (κ3) is 1.56. The highest BCUT2D eigenvalue weighted by Crippen LogP contribution is 2.16. The summed E-state index contributed by atoms with van der Waals surface area (Å²) in [6, 6.07) is 0. The molecule has 0 aromatic carbocycles. The highest BCUT2D eigenvalue weighted by molar-refractivity contribution is 5.79. The van der Waals surface area contributed by atoms with E-state index in [-0.39, 0.29) is 0 Å². The predicted molar refractivity (Wildman–Crippen MR) is 38.4 cm³/mol. The van der Waals surface area contributed by atoms with E-state index in [1.807, 2.05) is 0 Å². The van der Waals surface area contributed by atoms with Crippen molar-refractivity contribution in [3.63, 3.8) is 0 Å². The molecular weight excluding hydrogens is 112 g/mol. The van der Waals surface area contributed by atoms with Crippen LogP contribution in [0.5, 0.6) is 0 Å². The summed E-state index contributed by atoms with van der Waals surface area (Å²) >= 11 is 0. The zero-order valence-corrected chi connectivity index (χ0v) is 5.43. The van der Waals surface area contributed by atoms with Gasteiger partial charge < -0.3 is 5.73 Å². The number of rotatable bonds is 1.